The number of rotatable bonds is 2. The van der Waals surface area contributed by atoms with Crippen LogP contribution in [0.25, 0.3) is 0 Å². The number of aryl methyl sites for hydroxylation is 1. The molecule has 0 unspecified atom stereocenters. The van der Waals surface area contributed by atoms with Gasteiger partial charge in [0.05, 0.1) is 17.8 Å². The highest BCUT2D eigenvalue weighted by Crippen LogP contribution is 2.40. The number of anilines is 1. The van der Waals surface area contributed by atoms with E-state index in [1.807, 2.05) is 31.2 Å². The lowest BCUT2D eigenvalue weighted by Gasteiger charge is -2.29. The van der Waals surface area contributed by atoms with E-state index in [0.717, 1.165) is 22.3 Å². The number of amides is 1. The fraction of sp³-hybridized carbons (Fsp3) is 0.417. The van der Waals surface area contributed by atoms with E-state index < -0.39 is 11.7 Å². The van der Waals surface area contributed by atoms with Gasteiger partial charge in [0.15, 0.2) is 0 Å². The van der Waals surface area contributed by atoms with Crippen molar-refractivity contribution in [2.45, 2.75) is 65.8 Å². The van der Waals surface area contributed by atoms with Gasteiger partial charge in [-0.25, -0.2) is 0 Å². The van der Waals surface area contributed by atoms with E-state index in [-0.39, 0.29) is 10.8 Å². The Bertz CT molecular complexity index is 939. The van der Waals surface area contributed by atoms with E-state index in [4.69, 9.17) is 0 Å². The minimum Gasteiger partial charge on any atom is -0.507 e. The summed E-state index contributed by atoms with van der Waals surface area (Å²) in [6, 6.07) is 9.43. The van der Waals surface area contributed by atoms with Gasteiger partial charge in [-0.3, -0.25) is 9.59 Å². The van der Waals surface area contributed by atoms with E-state index in [2.05, 4.69) is 41.5 Å². The highest BCUT2D eigenvalue weighted by atomic mass is 16.3. The molecule has 0 spiro atoms. The number of aromatic hydroxyl groups is 1. The highest BCUT2D eigenvalue weighted by molar-refractivity contribution is 6.52. The van der Waals surface area contributed by atoms with Crippen molar-refractivity contribution in [1.29, 1.82) is 0 Å². The molecule has 1 aliphatic heterocycles. The number of carbonyl (C=O) groups is 2. The zero-order valence-corrected chi connectivity index (χ0v) is 17.8. The van der Waals surface area contributed by atoms with Crippen molar-refractivity contribution in [2.75, 3.05) is 4.90 Å². The number of nitrogens with zero attached hydrogens (tertiary/aromatic N) is 1. The summed E-state index contributed by atoms with van der Waals surface area (Å²) in [5, 5.41) is 10.9. The normalized spacial score (nSPS) is 14.6. The summed E-state index contributed by atoms with van der Waals surface area (Å²) in [6.45, 7) is 14.5. The summed E-state index contributed by atoms with van der Waals surface area (Å²) < 4.78 is 0. The number of fused-ring (bicyclic) bond motifs is 1. The van der Waals surface area contributed by atoms with Gasteiger partial charge >= 0.3 is 0 Å². The second-order valence-corrected chi connectivity index (χ2v) is 9.78. The first-order valence-electron chi connectivity index (χ1n) is 9.64. The number of benzene rings is 2. The van der Waals surface area contributed by atoms with Crippen LogP contribution in [0.5, 0.6) is 5.75 Å². The highest BCUT2D eigenvalue weighted by Gasteiger charge is 2.36. The first-order chi connectivity index (χ1) is 12.8. The molecule has 4 nitrogen and oxygen atoms in total. The third-order valence-electron chi connectivity index (χ3n) is 5.25. The summed E-state index contributed by atoms with van der Waals surface area (Å²) in [5.41, 5.74) is 4.17. The molecule has 0 radical (unpaired) electrons. The van der Waals surface area contributed by atoms with Crippen LogP contribution in [-0.4, -0.2) is 16.8 Å². The van der Waals surface area contributed by atoms with Gasteiger partial charge in [0.1, 0.15) is 5.75 Å². The van der Waals surface area contributed by atoms with Gasteiger partial charge in [-0.05, 0) is 58.7 Å². The quantitative estimate of drug-likeness (QED) is 0.745. The zero-order chi connectivity index (χ0) is 21.0. The molecular weight excluding hydrogens is 350 g/mol. The summed E-state index contributed by atoms with van der Waals surface area (Å²) in [5.74, 6) is -0.642. The largest absolute Gasteiger partial charge is 0.507 e. The SMILES string of the molecule is Cc1ccc2c(c1)C(=O)C(=O)N2Cc1cc(C(C)(C)C)c(O)c(C(C)(C)C)c1. The van der Waals surface area contributed by atoms with Crippen LogP contribution in [0.4, 0.5) is 5.69 Å². The van der Waals surface area contributed by atoms with Gasteiger partial charge in [0, 0.05) is 0 Å². The molecular formula is C24H29NO3. The molecule has 2 aromatic rings. The topological polar surface area (TPSA) is 57.6 Å². The summed E-state index contributed by atoms with van der Waals surface area (Å²) in [4.78, 5) is 26.6. The van der Waals surface area contributed by atoms with Crippen LogP contribution in [0.3, 0.4) is 0 Å². The predicted octanol–water partition coefficient (Wildman–Crippen LogP) is 5.03. The molecule has 1 amide bonds. The number of carbonyl (C=O) groups excluding carboxylic acids is 2. The molecule has 0 aliphatic carbocycles. The molecule has 0 atom stereocenters. The lowest BCUT2D eigenvalue weighted by molar-refractivity contribution is -0.114. The average molecular weight is 380 g/mol. The van der Waals surface area contributed by atoms with E-state index in [0.29, 0.717) is 23.5 Å². The summed E-state index contributed by atoms with van der Waals surface area (Å²) in [6.07, 6.45) is 0. The Labute approximate surface area is 167 Å². The standard InChI is InChI=1S/C24H29NO3/c1-14-8-9-19-16(10-14)20(26)22(28)25(19)13-15-11-17(23(2,3)4)21(27)18(12-15)24(5,6)7/h8-12,27H,13H2,1-7H3. The van der Waals surface area contributed by atoms with Gasteiger partial charge in [0.25, 0.3) is 11.7 Å². The number of ketones is 1. The van der Waals surface area contributed by atoms with Gasteiger partial charge < -0.3 is 10.0 Å². The molecule has 0 fully saturated rings. The molecule has 0 aromatic heterocycles. The van der Waals surface area contributed by atoms with Crippen molar-refractivity contribution < 1.29 is 14.7 Å². The first kappa shape index (κ1) is 20.1. The number of phenolic OH excluding ortho intramolecular Hbond substituents is 1. The Morgan fingerprint density at radius 1 is 0.893 bits per heavy atom. The van der Waals surface area contributed by atoms with E-state index in [1.165, 1.54) is 0 Å². The van der Waals surface area contributed by atoms with Crippen LogP contribution in [0, 0.1) is 6.92 Å². The van der Waals surface area contributed by atoms with Crippen LogP contribution < -0.4 is 4.90 Å². The van der Waals surface area contributed by atoms with Crippen LogP contribution >= 0.6 is 0 Å². The van der Waals surface area contributed by atoms with Crippen LogP contribution in [0.15, 0.2) is 30.3 Å². The minimum atomic E-state index is -0.497. The van der Waals surface area contributed by atoms with Crippen molar-refractivity contribution in [2.24, 2.45) is 0 Å². The Morgan fingerprint density at radius 2 is 1.43 bits per heavy atom. The van der Waals surface area contributed by atoms with Crippen molar-refractivity contribution in [3.8, 4) is 5.75 Å². The molecule has 0 bridgehead atoms. The monoisotopic (exact) mass is 379 g/mol. The molecule has 148 valence electrons. The smallest absolute Gasteiger partial charge is 0.299 e. The lowest BCUT2D eigenvalue weighted by atomic mass is 9.78. The number of phenols is 1. The third kappa shape index (κ3) is 3.44. The maximum atomic E-state index is 12.6. The molecule has 1 heterocycles. The van der Waals surface area contributed by atoms with Crippen LogP contribution in [0.2, 0.25) is 0 Å². The zero-order valence-electron chi connectivity index (χ0n) is 17.8. The Hall–Kier alpha value is -2.62. The average Bonchev–Trinajstić information content (AvgIpc) is 2.79. The molecule has 0 saturated heterocycles. The Kier molecular flexibility index (Phi) is 4.65. The van der Waals surface area contributed by atoms with E-state index >= 15 is 0 Å². The molecule has 1 aliphatic rings. The Balaban J connectivity index is 2.11. The summed E-state index contributed by atoms with van der Waals surface area (Å²) >= 11 is 0. The van der Waals surface area contributed by atoms with Gasteiger partial charge in [-0.15, -0.1) is 0 Å². The van der Waals surface area contributed by atoms with Crippen LogP contribution in [0.1, 0.15) is 74.2 Å². The maximum absolute atomic E-state index is 12.6. The van der Waals surface area contributed by atoms with Gasteiger partial charge in [-0.2, -0.15) is 0 Å². The fourth-order valence-electron chi connectivity index (χ4n) is 3.68. The molecule has 28 heavy (non-hydrogen) atoms. The molecule has 3 rings (SSSR count). The predicted molar refractivity (Wildman–Crippen MR) is 112 cm³/mol. The second kappa shape index (κ2) is 6.47. The molecule has 0 saturated carbocycles. The van der Waals surface area contributed by atoms with Crippen molar-refractivity contribution in [3.63, 3.8) is 0 Å². The number of Topliss-reactive ketones (excluding diaryl/α,β-unsaturated/α-hetero) is 1. The van der Waals surface area contributed by atoms with E-state index in [1.54, 1.807) is 11.0 Å². The minimum absolute atomic E-state index is 0.250. The van der Waals surface area contributed by atoms with Crippen LogP contribution in [-0.2, 0) is 22.2 Å². The molecule has 2 aromatic carbocycles. The number of hydrogen-bond acceptors (Lipinski definition) is 3. The van der Waals surface area contributed by atoms with Gasteiger partial charge in [0.2, 0.25) is 0 Å². The maximum Gasteiger partial charge on any atom is 0.299 e. The third-order valence-corrected chi connectivity index (χ3v) is 5.25. The van der Waals surface area contributed by atoms with E-state index in [9.17, 15) is 14.7 Å². The lowest BCUT2D eigenvalue weighted by Crippen LogP contribution is -2.29. The number of hydrogen-bond donors (Lipinski definition) is 1. The van der Waals surface area contributed by atoms with Crippen molar-refractivity contribution in [1.82, 2.24) is 0 Å². The second-order valence-electron chi connectivity index (χ2n) is 9.78. The molecule has 1 N–H and O–H groups in total. The first-order valence-corrected chi connectivity index (χ1v) is 9.64. The van der Waals surface area contributed by atoms with Crippen molar-refractivity contribution >= 4 is 17.4 Å². The fourth-order valence-corrected chi connectivity index (χ4v) is 3.68. The van der Waals surface area contributed by atoms with Crippen molar-refractivity contribution in [3.05, 3.63) is 58.1 Å². The van der Waals surface area contributed by atoms with Gasteiger partial charge in [-0.1, -0.05) is 53.2 Å². The molecule has 4 heteroatoms. The summed E-state index contributed by atoms with van der Waals surface area (Å²) in [7, 11) is 0. The Morgan fingerprint density at radius 3 is 1.93 bits per heavy atom.